The van der Waals surface area contributed by atoms with Crippen LogP contribution in [-0.2, 0) is 4.74 Å². The van der Waals surface area contributed by atoms with Gasteiger partial charge in [0.2, 0.25) is 11.6 Å². The van der Waals surface area contributed by atoms with E-state index in [4.69, 9.17) is 4.74 Å². The molecule has 9 nitrogen and oxygen atoms in total. The van der Waals surface area contributed by atoms with Crippen LogP contribution in [0, 0.1) is 10.1 Å². The molecule has 2 aromatic heterocycles. The number of hydrogen-bond donors (Lipinski definition) is 2. The fourth-order valence-electron chi connectivity index (χ4n) is 2.30. The quantitative estimate of drug-likeness (QED) is 0.487. The number of nitrogens with zero attached hydrogens (tertiary/aromatic N) is 4. The topological polar surface area (TPSA) is 115 Å². The first-order chi connectivity index (χ1) is 12.1. The SMILES string of the molecule is COCC(C)Nc1ncnc(Nc2nc3ccccc3s2)c1[N+](=O)[O-]. The van der Waals surface area contributed by atoms with E-state index >= 15 is 0 Å². The lowest BCUT2D eigenvalue weighted by Gasteiger charge is -2.14. The summed E-state index contributed by atoms with van der Waals surface area (Å²) < 4.78 is 6.02. The van der Waals surface area contributed by atoms with Crippen molar-refractivity contribution in [2.24, 2.45) is 0 Å². The number of rotatable bonds is 7. The zero-order valence-corrected chi connectivity index (χ0v) is 14.4. The van der Waals surface area contributed by atoms with E-state index in [-0.39, 0.29) is 23.4 Å². The Balaban J connectivity index is 1.93. The van der Waals surface area contributed by atoms with Crippen LogP contribution >= 0.6 is 11.3 Å². The number of para-hydroxylation sites is 1. The molecule has 1 atom stereocenters. The van der Waals surface area contributed by atoms with Crippen molar-refractivity contribution >= 4 is 44.0 Å². The number of ether oxygens (including phenoxy) is 1. The summed E-state index contributed by atoms with van der Waals surface area (Å²) in [4.78, 5) is 23.4. The van der Waals surface area contributed by atoms with Gasteiger partial charge in [-0.25, -0.2) is 15.0 Å². The van der Waals surface area contributed by atoms with Gasteiger partial charge in [-0.15, -0.1) is 0 Å². The Kier molecular flexibility index (Phi) is 5.00. The van der Waals surface area contributed by atoms with Crippen LogP contribution < -0.4 is 10.6 Å². The summed E-state index contributed by atoms with van der Waals surface area (Å²) in [6.45, 7) is 2.23. The van der Waals surface area contributed by atoms with Gasteiger partial charge in [0.05, 0.1) is 21.7 Å². The minimum atomic E-state index is -0.516. The maximum absolute atomic E-state index is 11.5. The molecule has 10 heteroatoms. The molecule has 0 saturated carbocycles. The van der Waals surface area contributed by atoms with E-state index in [0.29, 0.717) is 11.7 Å². The molecule has 0 bridgehead atoms. The molecule has 1 unspecified atom stereocenters. The number of aromatic nitrogens is 3. The monoisotopic (exact) mass is 360 g/mol. The molecule has 0 spiro atoms. The number of benzene rings is 1. The average Bonchev–Trinajstić information content (AvgIpc) is 2.97. The molecule has 25 heavy (non-hydrogen) atoms. The molecule has 2 N–H and O–H groups in total. The Hall–Kier alpha value is -2.85. The molecular weight excluding hydrogens is 344 g/mol. The summed E-state index contributed by atoms with van der Waals surface area (Å²) in [5, 5.41) is 18.0. The van der Waals surface area contributed by atoms with Crippen molar-refractivity contribution in [1.82, 2.24) is 15.0 Å². The van der Waals surface area contributed by atoms with Crippen LogP contribution in [0.4, 0.5) is 22.5 Å². The van der Waals surface area contributed by atoms with Gasteiger partial charge in [-0.1, -0.05) is 23.5 Å². The highest BCUT2D eigenvalue weighted by Crippen LogP contribution is 2.34. The first kappa shape index (κ1) is 17.0. The lowest BCUT2D eigenvalue weighted by molar-refractivity contribution is -0.383. The summed E-state index contributed by atoms with van der Waals surface area (Å²) >= 11 is 1.39. The van der Waals surface area contributed by atoms with Gasteiger partial charge in [-0.05, 0) is 19.1 Å². The van der Waals surface area contributed by atoms with Crippen molar-refractivity contribution in [3.63, 3.8) is 0 Å². The highest BCUT2D eigenvalue weighted by Gasteiger charge is 2.24. The van der Waals surface area contributed by atoms with Gasteiger partial charge in [0.1, 0.15) is 6.33 Å². The minimum absolute atomic E-state index is 0.0890. The van der Waals surface area contributed by atoms with E-state index in [2.05, 4.69) is 25.6 Å². The molecule has 0 amide bonds. The third-order valence-electron chi connectivity index (χ3n) is 3.32. The normalized spacial score (nSPS) is 12.1. The van der Waals surface area contributed by atoms with E-state index in [0.717, 1.165) is 10.2 Å². The largest absolute Gasteiger partial charge is 0.383 e. The predicted molar refractivity (Wildman–Crippen MR) is 96.5 cm³/mol. The van der Waals surface area contributed by atoms with Gasteiger partial charge in [-0.2, -0.15) is 0 Å². The second-order valence-electron chi connectivity index (χ2n) is 5.29. The number of hydrogen-bond acceptors (Lipinski definition) is 9. The van der Waals surface area contributed by atoms with Crippen molar-refractivity contribution in [2.45, 2.75) is 13.0 Å². The molecule has 0 saturated heterocycles. The lowest BCUT2D eigenvalue weighted by atomic mass is 10.3. The van der Waals surface area contributed by atoms with Crippen molar-refractivity contribution < 1.29 is 9.66 Å². The standard InChI is InChI=1S/C15H16N6O3S/c1-9(7-24-2)18-13-12(21(22)23)14(17-8-16-13)20-15-19-10-5-3-4-6-11(10)25-15/h3-6,8-9H,7H2,1-2H3,(H2,16,17,18,19,20). The Bertz CT molecular complexity index is 867. The number of thiazole rings is 1. The summed E-state index contributed by atoms with van der Waals surface area (Å²) in [6.07, 6.45) is 1.27. The number of fused-ring (bicyclic) bond motifs is 1. The van der Waals surface area contributed by atoms with Crippen LogP contribution in [0.15, 0.2) is 30.6 Å². The summed E-state index contributed by atoms with van der Waals surface area (Å²) in [5.74, 6) is 0.222. The van der Waals surface area contributed by atoms with E-state index < -0.39 is 4.92 Å². The Morgan fingerprint density at radius 2 is 2.08 bits per heavy atom. The highest BCUT2D eigenvalue weighted by atomic mass is 32.1. The van der Waals surface area contributed by atoms with E-state index in [9.17, 15) is 10.1 Å². The van der Waals surface area contributed by atoms with Gasteiger partial charge in [0.25, 0.3) is 0 Å². The number of nitro groups is 1. The number of methoxy groups -OCH3 is 1. The van der Waals surface area contributed by atoms with Crippen LogP contribution in [0.25, 0.3) is 10.2 Å². The summed E-state index contributed by atoms with van der Waals surface area (Å²) in [5.41, 5.74) is 0.587. The molecule has 3 aromatic rings. The van der Waals surface area contributed by atoms with Gasteiger partial charge in [0.15, 0.2) is 5.13 Å². The molecule has 0 aliphatic rings. The van der Waals surface area contributed by atoms with Crippen LogP contribution in [0.2, 0.25) is 0 Å². The molecule has 2 heterocycles. The molecular formula is C15H16N6O3S. The van der Waals surface area contributed by atoms with Crippen LogP contribution in [0.3, 0.4) is 0 Å². The molecule has 1 aromatic carbocycles. The predicted octanol–water partition coefficient (Wildman–Crippen LogP) is 3.18. The first-order valence-electron chi connectivity index (χ1n) is 7.46. The molecule has 3 rings (SSSR count). The fraction of sp³-hybridized carbons (Fsp3) is 0.267. The molecule has 0 aliphatic carbocycles. The van der Waals surface area contributed by atoms with Crippen LogP contribution in [0.1, 0.15) is 6.92 Å². The van der Waals surface area contributed by atoms with Gasteiger partial charge in [0, 0.05) is 13.2 Å². The zero-order valence-electron chi connectivity index (χ0n) is 13.6. The maximum atomic E-state index is 11.5. The summed E-state index contributed by atoms with van der Waals surface area (Å²) in [7, 11) is 1.56. The Labute approximate surface area is 147 Å². The minimum Gasteiger partial charge on any atom is -0.383 e. The van der Waals surface area contributed by atoms with Crippen LogP contribution in [-0.4, -0.2) is 39.6 Å². The zero-order chi connectivity index (χ0) is 17.8. The highest BCUT2D eigenvalue weighted by molar-refractivity contribution is 7.22. The third kappa shape index (κ3) is 3.80. The average molecular weight is 360 g/mol. The third-order valence-corrected chi connectivity index (χ3v) is 4.28. The van der Waals surface area contributed by atoms with E-state index in [1.165, 1.54) is 17.7 Å². The summed E-state index contributed by atoms with van der Waals surface area (Å²) in [6, 6.07) is 7.47. The molecule has 130 valence electrons. The van der Waals surface area contributed by atoms with Crippen molar-refractivity contribution in [3.8, 4) is 0 Å². The number of nitrogens with one attached hydrogen (secondary N) is 2. The lowest BCUT2D eigenvalue weighted by Crippen LogP contribution is -2.22. The first-order valence-corrected chi connectivity index (χ1v) is 8.27. The van der Waals surface area contributed by atoms with Gasteiger partial charge in [-0.3, -0.25) is 10.1 Å². The Morgan fingerprint density at radius 1 is 1.32 bits per heavy atom. The van der Waals surface area contributed by atoms with Crippen molar-refractivity contribution in [3.05, 3.63) is 40.7 Å². The van der Waals surface area contributed by atoms with E-state index in [1.807, 2.05) is 31.2 Å². The van der Waals surface area contributed by atoms with Gasteiger partial charge < -0.3 is 15.4 Å². The fourth-order valence-corrected chi connectivity index (χ4v) is 3.17. The molecule has 0 radical (unpaired) electrons. The van der Waals surface area contributed by atoms with Crippen molar-refractivity contribution in [1.29, 1.82) is 0 Å². The molecule has 0 fully saturated rings. The van der Waals surface area contributed by atoms with Crippen molar-refractivity contribution in [2.75, 3.05) is 24.4 Å². The number of anilines is 3. The van der Waals surface area contributed by atoms with Crippen LogP contribution in [0.5, 0.6) is 0 Å². The van der Waals surface area contributed by atoms with Gasteiger partial charge >= 0.3 is 5.69 Å². The second kappa shape index (κ2) is 7.36. The maximum Gasteiger partial charge on any atom is 0.353 e. The van der Waals surface area contributed by atoms with E-state index in [1.54, 1.807) is 7.11 Å². The Morgan fingerprint density at radius 3 is 2.80 bits per heavy atom. The molecule has 0 aliphatic heterocycles. The smallest absolute Gasteiger partial charge is 0.353 e. The second-order valence-corrected chi connectivity index (χ2v) is 6.32.